The van der Waals surface area contributed by atoms with Gasteiger partial charge in [-0.15, -0.1) is 0 Å². The molecule has 0 unspecified atom stereocenters. The Balaban J connectivity index is 2.73. The van der Waals surface area contributed by atoms with Crippen LogP contribution in [0.4, 0.5) is 0 Å². The number of sulfonamides is 1. The summed E-state index contributed by atoms with van der Waals surface area (Å²) in [7, 11) is -3.64. The Kier molecular flexibility index (Phi) is 6.45. The van der Waals surface area contributed by atoms with E-state index in [9.17, 15) is 13.2 Å². The van der Waals surface area contributed by atoms with Gasteiger partial charge >= 0.3 is 5.97 Å². The van der Waals surface area contributed by atoms with E-state index < -0.39 is 16.0 Å². The predicted octanol–water partition coefficient (Wildman–Crippen LogP) is 2.90. The highest BCUT2D eigenvalue weighted by molar-refractivity contribution is 7.89. The van der Waals surface area contributed by atoms with Gasteiger partial charge in [-0.25, -0.2) is 17.9 Å². The molecule has 0 radical (unpaired) electrons. The fourth-order valence-corrected chi connectivity index (χ4v) is 3.10. The van der Waals surface area contributed by atoms with E-state index in [2.05, 4.69) is 11.6 Å². The number of carboxylic acid groups (broad SMARTS) is 1. The second-order valence-electron chi connectivity index (χ2n) is 4.41. The van der Waals surface area contributed by atoms with Crippen LogP contribution in [-0.4, -0.2) is 26.0 Å². The number of hydrogen-bond donors (Lipinski definition) is 2. The van der Waals surface area contributed by atoms with Crippen LogP contribution < -0.4 is 4.72 Å². The number of carboxylic acids is 1. The van der Waals surface area contributed by atoms with Gasteiger partial charge in [0.1, 0.15) is 0 Å². The molecule has 2 N–H and O–H groups in total. The summed E-state index contributed by atoms with van der Waals surface area (Å²) in [5, 5.41) is 8.74. The Morgan fingerprint density at radius 1 is 1.30 bits per heavy atom. The maximum atomic E-state index is 12.0. The smallest absolute Gasteiger partial charge is 0.337 e. The molecule has 0 aromatic heterocycles. The van der Waals surface area contributed by atoms with Crippen molar-refractivity contribution in [2.24, 2.45) is 0 Å². The number of hydrogen-bond acceptors (Lipinski definition) is 3. The SMILES string of the molecule is CCCCCCNS(=O)(=O)c1ccc(C(=O)O)c(Cl)c1. The van der Waals surface area contributed by atoms with Gasteiger partial charge in [-0.2, -0.15) is 0 Å². The number of nitrogens with one attached hydrogen (secondary N) is 1. The number of carbonyl (C=O) groups is 1. The standard InChI is InChI=1S/C13H18ClNO4S/c1-2-3-4-5-8-15-20(18,19)10-6-7-11(13(16)17)12(14)9-10/h6-7,9,15H,2-5,8H2,1H3,(H,16,17). The molecule has 0 heterocycles. The van der Waals surface area contributed by atoms with Crippen LogP contribution in [0.1, 0.15) is 43.0 Å². The first-order valence-corrected chi connectivity index (χ1v) is 8.27. The van der Waals surface area contributed by atoms with E-state index in [1.54, 1.807) is 0 Å². The van der Waals surface area contributed by atoms with Gasteiger partial charge < -0.3 is 5.11 Å². The molecule has 1 aromatic rings. The molecular formula is C13H18ClNO4S. The van der Waals surface area contributed by atoms with E-state index in [1.165, 1.54) is 12.1 Å². The lowest BCUT2D eigenvalue weighted by Gasteiger charge is -2.08. The van der Waals surface area contributed by atoms with Gasteiger partial charge in [0.2, 0.25) is 10.0 Å². The zero-order valence-electron chi connectivity index (χ0n) is 11.2. The Morgan fingerprint density at radius 3 is 2.55 bits per heavy atom. The maximum absolute atomic E-state index is 12.0. The predicted molar refractivity (Wildman–Crippen MR) is 77.7 cm³/mol. The van der Waals surface area contributed by atoms with Crippen molar-refractivity contribution >= 4 is 27.6 Å². The minimum atomic E-state index is -3.64. The summed E-state index contributed by atoms with van der Waals surface area (Å²) in [6, 6.07) is 3.58. The van der Waals surface area contributed by atoms with Crippen LogP contribution in [0.25, 0.3) is 0 Å². The normalized spacial score (nSPS) is 11.5. The highest BCUT2D eigenvalue weighted by Gasteiger charge is 2.17. The number of unbranched alkanes of at least 4 members (excludes halogenated alkanes) is 3. The molecule has 0 atom stereocenters. The highest BCUT2D eigenvalue weighted by Crippen LogP contribution is 2.20. The molecule has 1 rings (SSSR count). The molecule has 0 aliphatic rings. The number of rotatable bonds is 8. The summed E-state index contributed by atoms with van der Waals surface area (Å²) in [6.45, 7) is 2.44. The second-order valence-corrected chi connectivity index (χ2v) is 6.58. The van der Waals surface area contributed by atoms with Crippen molar-refractivity contribution < 1.29 is 18.3 Å². The van der Waals surface area contributed by atoms with Gasteiger partial charge in [-0.05, 0) is 24.6 Å². The molecule has 0 aliphatic heterocycles. The molecule has 112 valence electrons. The number of benzene rings is 1. The van der Waals surface area contributed by atoms with E-state index in [0.29, 0.717) is 6.54 Å². The van der Waals surface area contributed by atoms with Gasteiger partial charge in [-0.3, -0.25) is 0 Å². The lowest BCUT2D eigenvalue weighted by molar-refractivity contribution is 0.0697. The van der Waals surface area contributed by atoms with Crippen molar-refractivity contribution in [2.75, 3.05) is 6.54 Å². The zero-order valence-corrected chi connectivity index (χ0v) is 12.8. The number of halogens is 1. The fraction of sp³-hybridized carbons (Fsp3) is 0.462. The third kappa shape index (κ3) is 4.77. The summed E-state index contributed by atoms with van der Waals surface area (Å²) >= 11 is 5.76. The first-order chi connectivity index (χ1) is 9.38. The van der Waals surface area contributed by atoms with Crippen molar-refractivity contribution in [2.45, 2.75) is 37.5 Å². The van der Waals surface area contributed by atoms with Crippen molar-refractivity contribution in [3.63, 3.8) is 0 Å². The molecule has 0 amide bonds. The lowest BCUT2D eigenvalue weighted by atomic mass is 10.2. The average molecular weight is 320 g/mol. The minimum Gasteiger partial charge on any atom is -0.478 e. The summed E-state index contributed by atoms with van der Waals surface area (Å²) in [4.78, 5) is 10.8. The molecule has 1 aromatic carbocycles. The molecule has 0 fully saturated rings. The lowest BCUT2D eigenvalue weighted by Crippen LogP contribution is -2.24. The first-order valence-electron chi connectivity index (χ1n) is 6.41. The Morgan fingerprint density at radius 2 is 2.00 bits per heavy atom. The molecule has 7 heteroatoms. The first kappa shape index (κ1) is 16.9. The Labute approximate surface area is 124 Å². The molecule has 0 saturated carbocycles. The number of aromatic carboxylic acids is 1. The van der Waals surface area contributed by atoms with E-state index in [-0.39, 0.29) is 15.5 Å². The van der Waals surface area contributed by atoms with Crippen molar-refractivity contribution in [1.29, 1.82) is 0 Å². The topological polar surface area (TPSA) is 83.5 Å². The van der Waals surface area contributed by atoms with Gasteiger partial charge in [0.05, 0.1) is 15.5 Å². The van der Waals surface area contributed by atoms with Gasteiger partial charge in [0.25, 0.3) is 0 Å². The van der Waals surface area contributed by atoms with E-state index >= 15 is 0 Å². The van der Waals surface area contributed by atoms with Crippen LogP contribution in [0, 0.1) is 0 Å². The van der Waals surface area contributed by atoms with Crippen LogP contribution in [-0.2, 0) is 10.0 Å². The highest BCUT2D eigenvalue weighted by atomic mass is 35.5. The van der Waals surface area contributed by atoms with Crippen molar-refractivity contribution in [3.8, 4) is 0 Å². The largest absolute Gasteiger partial charge is 0.478 e. The molecule has 20 heavy (non-hydrogen) atoms. The van der Waals surface area contributed by atoms with Crippen molar-refractivity contribution in [3.05, 3.63) is 28.8 Å². The van der Waals surface area contributed by atoms with Gasteiger partial charge in [-0.1, -0.05) is 37.8 Å². The summed E-state index contributed by atoms with van der Waals surface area (Å²) in [5.41, 5.74) is -0.117. The minimum absolute atomic E-state index is 0.0250. The van der Waals surface area contributed by atoms with E-state index in [1.807, 2.05) is 0 Å². The van der Waals surface area contributed by atoms with Gasteiger partial charge in [0, 0.05) is 6.54 Å². The molecule has 5 nitrogen and oxygen atoms in total. The molecule has 0 bridgehead atoms. The third-order valence-corrected chi connectivity index (χ3v) is 4.58. The van der Waals surface area contributed by atoms with Crippen LogP contribution >= 0.6 is 11.6 Å². The van der Waals surface area contributed by atoms with Crippen LogP contribution in [0.2, 0.25) is 5.02 Å². The fourth-order valence-electron chi connectivity index (χ4n) is 1.68. The molecule has 0 spiro atoms. The Bertz CT molecular complexity index is 572. The third-order valence-electron chi connectivity index (χ3n) is 2.80. The van der Waals surface area contributed by atoms with Crippen molar-refractivity contribution in [1.82, 2.24) is 4.72 Å². The van der Waals surface area contributed by atoms with Gasteiger partial charge in [0.15, 0.2) is 0 Å². The quantitative estimate of drug-likeness (QED) is 0.722. The summed E-state index contributed by atoms with van der Waals surface area (Å²) in [5.74, 6) is -1.19. The average Bonchev–Trinajstić information content (AvgIpc) is 2.37. The molecule has 0 saturated heterocycles. The molecular weight excluding hydrogens is 302 g/mol. The van der Waals surface area contributed by atoms with Crippen LogP contribution in [0.15, 0.2) is 23.1 Å². The maximum Gasteiger partial charge on any atom is 0.337 e. The van der Waals surface area contributed by atoms with Crippen LogP contribution in [0.3, 0.4) is 0 Å². The summed E-state index contributed by atoms with van der Waals surface area (Å²) < 4.78 is 26.4. The molecule has 0 aliphatic carbocycles. The zero-order chi connectivity index (χ0) is 15.2. The second kappa shape index (κ2) is 7.61. The van der Waals surface area contributed by atoms with E-state index in [0.717, 1.165) is 31.7 Å². The van der Waals surface area contributed by atoms with Crippen LogP contribution in [0.5, 0.6) is 0 Å². The monoisotopic (exact) mass is 319 g/mol. The summed E-state index contributed by atoms with van der Waals surface area (Å²) in [6.07, 6.45) is 3.89. The Hall–Kier alpha value is -1.11. The van der Waals surface area contributed by atoms with E-state index in [4.69, 9.17) is 16.7 Å².